The van der Waals surface area contributed by atoms with E-state index in [1.165, 1.54) is 4.90 Å². The van der Waals surface area contributed by atoms with Gasteiger partial charge in [0.2, 0.25) is 5.91 Å². The van der Waals surface area contributed by atoms with E-state index < -0.39 is 0 Å². The van der Waals surface area contributed by atoms with Crippen LogP contribution in [0.3, 0.4) is 0 Å². The van der Waals surface area contributed by atoms with Gasteiger partial charge < -0.3 is 10.6 Å². The molecule has 98 valence electrons. The highest BCUT2D eigenvalue weighted by molar-refractivity contribution is 6.01. The SMILES string of the molecule is CC1CNCCN1CCN1C(=O)CNC1=O.Cl. The van der Waals surface area contributed by atoms with Gasteiger partial charge in [0.25, 0.3) is 0 Å². The number of nitrogens with one attached hydrogen (secondary N) is 2. The first kappa shape index (κ1) is 14.2. The van der Waals surface area contributed by atoms with Crippen molar-refractivity contribution in [3.63, 3.8) is 0 Å². The van der Waals surface area contributed by atoms with E-state index in [0.29, 0.717) is 12.6 Å². The van der Waals surface area contributed by atoms with Crippen LogP contribution in [0.25, 0.3) is 0 Å². The minimum Gasteiger partial charge on any atom is -0.329 e. The minimum absolute atomic E-state index is 0. The highest BCUT2D eigenvalue weighted by Gasteiger charge is 2.29. The van der Waals surface area contributed by atoms with Gasteiger partial charge in [-0.05, 0) is 6.92 Å². The smallest absolute Gasteiger partial charge is 0.324 e. The standard InChI is InChI=1S/C10H18N4O2.ClH/c1-8-6-11-2-3-13(8)4-5-14-9(15)7-12-10(14)16;/h8,11H,2-7H2,1H3,(H,12,16);1H. The number of piperazine rings is 1. The normalized spacial score (nSPS) is 25.7. The van der Waals surface area contributed by atoms with Gasteiger partial charge in [-0.15, -0.1) is 12.4 Å². The van der Waals surface area contributed by atoms with Crippen LogP contribution in [0.4, 0.5) is 4.79 Å². The van der Waals surface area contributed by atoms with Crippen LogP contribution in [0.15, 0.2) is 0 Å². The Kier molecular flexibility index (Phi) is 5.17. The fraction of sp³-hybridized carbons (Fsp3) is 0.800. The highest BCUT2D eigenvalue weighted by atomic mass is 35.5. The van der Waals surface area contributed by atoms with E-state index in [-0.39, 0.29) is 30.9 Å². The van der Waals surface area contributed by atoms with E-state index in [2.05, 4.69) is 22.5 Å². The monoisotopic (exact) mass is 262 g/mol. The van der Waals surface area contributed by atoms with Crippen LogP contribution in [0, 0.1) is 0 Å². The number of nitrogens with zero attached hydrogens (tertiary/aromatic N) is 2. The van der Waals surface area contributed by atoms with Crippen LogP contribution in [0.5, 0.6) is 0 Å². The summed E-state index contributed by atoms with van der Waals surface area (Å²) in [6, 6.07) is 0.210. The highest BCUT2D eigenvalue weighted by Crippen LogP contribution is 2.04. The quantitative estimate of drug-likeness (QED) is 0.658. The predicted molar refractivity (Wildman–Crippen MR) is 66.3 cm³/mol. The molecule has 2 aliphatic heterocycles. The second kappa shape index (κ2) is 6.18. The van der Waals surface area contributed by atoms with Crippen molar-refractivity contribution in [2.75, 3.05) is 39.3 Å². The van der Waals surface area contributed by atoms with E-state index in [1.807, 2.05) is 0 Å². The van der Waals surface area contributed by atoms with Gasteiger partial charge >= 0.3 is 6.03 Å². The lowest BCUT2D eigenvalue weighted by atomic mass is 10.2. The van der Waals surface area contributed by atoms with Crippen LogP contribution in [0.2, 0.25) is 0 Å². The summed E-state index contributed by atoms with van der Waals surface area (Å²) in [6.45, 7) is 6.49. The van der Waals surface area contributed by atoms with Crippen molar-refractivity contribution in [2.24, 2.45) is 0 Å². The van der Waals surface area contributed by atoms with Crippen LogP contribution >= 0.6 is 12.4 Å². The molecule has 2 rings (SSSR count). The van der Waals surface area contributed by atoms with Crippen molar-refractivity contribution in [1.29, 1.82) is 0 Å². The van der Waals surface area contributed by atoms with E-state index >= 15 is 0 Å². The van der Waals surface area contributed by atoms with Crippen molar-refractivity contribution in [2.45, 2.75) is 13.0 Å². The van der Waals surface area contributed by atoms with Crippen molar-refractivity contribution in [1.82, 2.24) is 20.4 Å². The number of imide groups is 1. The molecule has 3 amide bonds. The predicted octanol–water partition coefficient (Wildman–Crippen LogP) is -0.746. The first-order valence-corrected chi connectivity index (χ1v) is 5.71. The number of rotatable bonds is 3. The Morgan fingerprint density at radius 2 is 2.12 bits per heavy atom. The second-order valence-electron chi connectivity index (χ2n) is 4.29. The summed E-state index contributed by atoms with van der Waals surface area (Å²) < 4.78 is 0. The molecular weight excluding hydrogens is 244 g/mol. The summed E-state index contributed by atoms with van der Waals surface area (Å²) >= 11 is 0. The molecule has 0 aromatic heterocycles. The Bertz CT molecular complexity index is 284. The molecule has 2 N–H and O–H groups in total. The molecule has 0 aromatic carbocycles. The molecule has 0 bridgehead atoms. The molecule has 0 radical (unpaired) electrons. The summed E-state index contributed by atoms with van der Waals surface area (Å²) in [5.41, 5.74) is 0. The molecule has 2 heterocycles. The molecule has 2 saturated heterocycles. The van der Waals surface area contributed by atoms with Gasteiger partial charge in [0, 0.05) is 38.8 Å². The Balaban J connectivity index is 0.00000144. The second-order valence-corrected chi connectivity index (χ2v) is 4.29. The Labute approximate surface area is 107 Å². The zero-order valence-corrected chi connectivity index (χ0v) is 10.8. The lowest BCUT2D eigenvalue weighted by molar-refractivity contribution is -0.125. The summed E-state index contributed by atoms with van der Waals surface area (Å²) in [4.78, 5) is 26.3. The number of hydrogen-bond acceptors (Lipinski definition) is 4. The molecule has 1 atom stereocenters. The summed E-state index contributed by atoms with van der Waals surface area (Å²) in [5.74, 6) is -0.118. The lowest BCUT2D eigenvalue weighted by Crippen LogP contribution is -2.52. The lowest BCUT2D eigenvalue weighted by Gasteiger charge is -2.34. The largest absolute Gasteiger partial charge is 0.329 e. The number of urea groups is 1. The molecule has 17 heavy (non-hydrogen) atoms. The molecule has 2 aliphatic rings. The third-order valence-corrected chi connectivity index (χ3v) is 3.19. The third kappa shape index (κ3) is 3.31. The molecule has 0 aromatic rings. The number of hydrogen-bond donors (Lipinski definition) is 2. The average molecular weight is 263 g/mol. The van der Waals surface area contributed by atoms with Gasteiger partial charge in [0.1, 0.15) is 0 Å². The molecule has 6 nitrogen and oxygen atoms in total. The van der Waals surface area contributed by atoms with Crippen molar-refractivity contribution in [3.8, 4) is 0 Å². The molecule has 1 unspecified atom stereocenters. The van der Waals surface area contributed by atoms with Gasteiger partial charge in [-0.1, -0.05) is 0 Å². The van der Waals surface area contributed by atoms with E-state index in [4.69, 9.17) is 0 Å². The Hall–Kier alpha value is -0.850. The van der Waals surface area contributed by atoms with Gasteiger partial charge in [-0.25, -0.2) is 4.79 Å². The molecule has 2 fully saturated rings. The first-order valence-electron chi connectivity index (χ1n) is 5.71. The maximum absolute atomic E-state index is 11.4. The average Bonchev–Trinajstić information content (AvgIpc) is 2.58. The van der Waals surface area contributed by atoms with E-state index in [1.54, 1.807) is 0 Å². The topological polar surface area (TPSA) is 64.7 Å². The van der Waals surface area contributed by atoms with Crippen LogP contribution in [0.1, 0.15) is 6.92 Å². The van der Waals surface area contributed by atoms with Gasteiger partial charge in [0.05, 0.1) is 6.54 Å². The Morgan fingerprint density at radius 1 is 1.35 bits per heavy atom. The molecule has 7 heteroatoms. The summed E-state index contributed by atoms with van der Waals surface area (Å²) in [6.07, 6.45) is 0. The molecule has 0 saturated carbocycles. The summed E-state index contributed by atoms with van der Waals surface area (Å²) in [5, 5.41) is 5.83. The van der Waals surface area contributed by atoms with E-state index in [0.717, 1.165) is 26.2 Å². The maximum atomic E-state index is 11.4. The van der Waals surface area contributed by atoms with Gasteiger partial charge in [-0.2, -0.15) is 0 Å². The fourth-order valence-corrected chi connectivity index (χ4v) is 2.13. The van der Waals surface area contributed by atoms with Crippen LogP contribution in [-0.4, -0.2) is 67.0 Å². The van der Waals surface area contributed by atoms with Crippen molar-refractivity contribution >= 4 is 24.3 Å². The number of carbonyl (C=O) groups excluding carboxylic acids is 2. The molecule has 0 aliphatic carbocycles. The summed E-state index contributed by atoms with van der Waals surface area (Å²) in [7, 11) is 0. The zero-order valence-electron chi connectivity index (χ0n) is 9.94. The van der Waals surface area contributed by atoms with Crippen LogP contribution in [-0.2, 0) is 4.79 Å². The zero-order chi connectivity index (χ0) is 11.5. The third-order valence-electron chi connectivity index (χ3n) is 3.19. The minimum atomic E-state index is -0.257. The molecular formula is C10H19ClN4O2. The van der Waals surface area contributed by atoms with Crippen molar-refractivity contribution in [3.05, 3.63) is 0 Å². The number of amides is 3. The first-order chi connectivity index (χ1) is 7.68. The maximum Gasteiger partial charge on any atom is 0.324 e. The van der Waals surface area contributed by atoms with Gasteiger partial charge in [0.15, 0.2) is 0 Å². The number of halogens is 1. The number of carbonyl (C=O) groups is 2. The van der Waals surface area contributed by atoms with Crippen LogP contribution < -0.4 is 10.6 Å². The van der Waals surface area contributed by atoms with Gasteiger partial charge in [-0.3, -0.25) is 14.6 Å². The van der Waals surface area contributed by atoms with Crippen molar-refractivity contribution < 1.29 is 9.59 Å². The fourth-order valence-electron chi connectivity index (χ4n) is 2.13. The Morgan fingerprint density at radius 3 is 2.71 bits per heavy atom. The van der Waals surface area contributed by atoms with E-state index in [9.17, 15) is 9.59 Å². The molecule has 0 spiro atoms.